The quantitative estimate of drug-likeness (QED) is 0.833. The highest BCUT2D eigenvalue weighted by Crippen LogP contribution is 2.12. The third kappa shape index (κ3) is 2.01. The van der Waals surface area contributed by atoms with Gasteiger partial charge in [-0.1, -0.05) is 0 Å². The summed E-state index contributed by atoms with van der Waals surface area (Å²) in [6.45, 7) is 4.17. The Morgan fingerprint density at radius 1 is 1.30 bits per heavy atom. The predicted molar refractivity (Wildman–Crippen MR) is 75.5 cm³/mol. The molecule has 0 spiro atoms. The number of amides is 1. The molecule has 0 bridgehead atoms. The van der Waals surface area contributed by atoms with Crippen molar-refractivity contribution in [1.29, 1.82) is 0 Å². The summed E-state index contributed by atoms with van der Waals surface area (Å²) in [6.07, 6.45) is 3.78. The number of nitrogens with zero attached hydrogens (tertiary/aromatic N) is 4. The van der Waals surface area contributed by atoms with Crippen LogP contribution in [0, 0.1) is 0 Å². The largest absolute Gasteiger partial charge is 0.341 e. The molecule has 0 N–H and O–H groups in total. The molecule has 1 amide bonds. The molecule has 106 valence electrons. The number of carbonyl (C=O) groups excluding carboxylic acids is 1. The van der Waals surface area contributed by atoms with Crippen molar-refractivity contribution < 1.29 is 4.79 Å². The summed E-state index contributed by atoms with van der Waals surface area (Å²) in [4.78, 5) is 30.7. The number of aryl methyl sites for hydroxylation is 1. The molecule has 1 aliphatic heterocycles. The van der Waals surface area contributed by atoms with E-state index in [-0.39, 0.29) is 18.1 Å². The third-order valence-corrected chi connectivity index (χ3v) is 3.84. The molecule has 0 aromatic carbocycles. The zero-order chi connectivity index (χ0) is 14.1. The normalized spacial score (nSPS) is 15.2. The van der Waals surface area contributed by atoms with Crippen LogP contribution in [0.25, 0.3) is 11.2 Å². The van der Waals surface area contributed by atoms with Crippen molar-refractivity contribution in [2.24, 2.45) is 0 Å². The molecule has 3 heterocycles. The highest BCUT2D eigenvalue weighted by molar-refractivity contribution is 5.79. The lowest BCUT2D eigenvalue weighted by Crippen LogP contribution is -2.35. The summed E-state index contributed by atoms with van der Waals surface area (Å²) in [5.74, 6) is 0.0172. The van der Waals surface area contributed by atoms with Gasteiger partial charge in [0, 0.05) is 25.8 Å². The minimum absolute atomic E-state index is 0.0172. The van der Waals surface area contributed by atoms with Crippen molar-refractivity contribution in [1.82, 2.24) is 19.0 Å². The fourth-order valence-corrected chi connectivity index (χ4v) is 2.79. The minimum atomic E-state index is -0.159. The maximum Gasteiger partial charge on any atom is 0.330 e. The van der Waals surface area contributed by atoms with Crippen molar-refractivity contribution >= 4 is 17.1 Å². The van der Waals surface area contributed by atoms with E-state index < -0.39 is 0 Å². The number of likely N-dealkylation sites (tertiary alicyclic amines) is 1. The lowest BCUT2D eigenvalue weighted by molar-refractivity contribution is -0.130. The van der Waals surface area contributed by atoms with Crippen LogP contribution < -0.4 is 5.69 Å². The average Bonchev–Trinajstić information content (AvgIpc) is 3.07. The maximum atomic E-state index is 12.4. The van der Waals surface area contributed by atoms with Crippen LogP contribution in [0.4, 0.5) is 0 Å². The molecular weight excluding hydrogens is 256 g/mol. The second-order valence-corrected chi connectivity index (χ2v) is 5.05. The Morgan fingerprint density at radius 3 is 2.75 bits per heavy atom. The van der Waals surface area contributed by atoms with Crippen LogP contribution in [0.1, 0.15) is 19.8 Å². The van der Waals surface area contributed by atoms with Crippen molar-refractivity contribution in [3.05, 3.63) is 28.8 Å². The van der Waals surface area contributed by atoms with Crippen LogP contribution in [-0.2, 0) is 17.9 Å². The van der Waals surface area contributed by atoms with E-state index >= 15 is 0 Å². The molecule has 2 aromatic heterocycles. The number of hydrogen-bond acceptors (Lipinski definition) is 3. The molecule has 6 heteroatoms. The number of hydrogen-bond donors (Lipinski definition) is 0. The molecule has 1 saturated heterocycles. The van der Waals surface area contributed by atoms with Crippen LogP contribution >= 0.6 is 0 Å². The number of carbonyl (C=O) groups is 1. The van der Waals surface area contributed by atoms with Crippen molar-refractivity contribution in [3.8, 4) is 0 Å². The smallest absolute Gasteiger partial charge is 0.330 e. The Bertz CT molecular complexity index is 695. The first-order chi connectivity index (χ1) is 9.72. The average molecular weight is 274 g/mol. The van der Waals surface area contributed by atoms with Gasteiger partial charge >= 0.3 is 5.69 Å². The second-order valence-electron chi connectivity index (χ2n) is 5.05. The van der Waals surface area contributed by atoms with Gasteiger partial charge in [-0.2, -0.15) is 0 Å². The van der Waals surface area contributed by atoms with Gasteiger partial charge < -0.3 is 4.90 Å². The van der Waals surface area contributed by atoms with Gasteiger partial charge in [0.05, 0.1) is 5.52 Å². The second kappa shape index (κ2) is 5.11. The highest BCUT2D eigenvalue weighted by atomic mass is 16.2. The summed E-state index contributed by atoms with van der Waals surface area (Å²) in [6, 6.07) is 3.63. The first-order valence-electron chi connectivity index (χ1n) is 7.04. The SMILES string of the molecule is CCn1c(=O)n(CC(=O)N2CCCC2)c2cccnc21. The van der Waals surface area contributed by atoms with Crippen LogP contribution in [0.3, 0.4) is 0 Å². The molecule has 1 fully saturated rings. The van der Waals surface area contributed by atoms with Gasteiger partial charge in [0.2, 0.25) is 5.91 Å². The zero-order valence-electron chi connectivity index (χ0n) is 11.6. The summed E-state index contributed by atoms with van der Waals surface area (Å²) < 4.78 is 3.14. The van der Waals surface area contributed by atoms with Gasteiger partial charge in [-0.3, -0.25) is 13.9 Å². The maximum absolute atomic E-state index is 12.4. The zero-order valence-corrected chi connectivity index (χ0v) is 11.6. The van der Waals surface area contributed by atoms with Gasteiger partial charge in [0.1, 0.15) is 6.54 Å². The summed E-state index contributed by atoms with van der Waals surface area (Å²) >= 11 is 0. The first kappa shape index (κ1) is 12.9. The van der Waals surface area contributed by atoms with Gasteiger partial charge in [0.25, 0.3) is 0 Å². The van der Waals surface area contributed by atoms with E-state index in [1.165, 1.54) is 4.57 Å². The first-order valence-corrected chi connectivity index (χ1v) is 7.04. The number of aromatic nitrogens is 3. The summed E-state index contributed by atoms with van der Waals surface area (Å²) in [5.41, 5.74) is 1.22. The molecule has 3 rings (SSSR count). The van der Waals surface area contributed by atoms with E-state index in [4.69, 9.17) is 0 Å². The topological polar surface area (TPSA) is 60.1 Å². The fourth-order valence-electron chi connectivity index (χ4n) is 2.79. The van der Waals surface area contributed by atoms with E-state index in [1.54, 1.807) is 16.8 Å². The van der Waals surface area contributed by atoms with E-state index in [0.29, 0.717) is 12.2 Å². The van der Waals surface area contributed by atoms with Gasteiger partial charge in [-0.25, -0.2) is 9.78 Å². The molecule has 0 aliphatic carbocycles. The van der Waals surface area contributed by atoms with Crippen LogP contribution in [0.5, 0.6) is 0 Å². The molecule has 0 atom stereocenters. The minimum Gasteiger partial charge on any atom is -0.341 e. The van der Waals surface area contributed by atoms with Gasteiger partial charge in [0.15, 0.2) is 5.65 Å². The van der Waals surface area contributed by atoms with E-state index in [1.807, 2.05) is 17.9 Å². The van der Waals surface area contributed by atoms with E-state index in [0.717, 1.165) is 31.4 Å². The molecule has 0 saturated carbocycles. The van der Waals surface area contributed by atoms with Crippen molar-refractivity contribution in [2.75, 3.05) is 13.1 Å². The molecule has 6 nitrogen and oxygen atoms in total. The molecule has 2 aromatic rings. The van der Waals surface area contributed by atoms with Crippen molar-refractivity contribution in [2.45, 2.75) is 32.9 Å². The monoisotopic (exact) mass is 274 g/mol. The van der Waals surface area contributed by atoms with Crippen molar-refractivity contribution in [3.63, 3.8) is 0 Å². The van der Waals surface area contributed by atoms with E-state index in [2.05, 4.69) is 4.98 Å². The molecule has 0 unspecified atom stereocenters. The fraction of sp³-hybridized carbons (Fsp3) is 0.500. The Morgan fingerprint density at radius 2 is 2.05 bits per heavy atom. The third-order valence-electron chi connectivity index (χ3n) is 3.84. The van der Waals surface area contributed by atoms with Gasteiger partial charge in [-0.05, 0) is 31.9 Å². The number of pyridine rings is 1. The Hall–Kier alpha value is -2.11. The van der Waals surface area contributed by atoms with Gasteiger partial charge in [-0.15, -0.1) is 0 Å². The Balaban J connectivity index is 2.00. The van der Waals surface area contributed by atoms with E-state index in [9.17, 15) is 9.59 Å². The number of rotatable bonds is 3. The molecule has 20 heavy (non-hydrogen) atoms. The highest BCUT2D eigenvalue weighted by Gasteiger charge is 2.21. The Labute approximate surface area is 116 Å². The molecular formula is C14H18N4O2. The summed E-state index contributed by atoms with van der Waals surface area (Å²) in [7, 11) is 0. The number of fused-ring (bicyclic) bond motifs is 1. The predicted octanol–water partition coefficient (Wildman–Crippen LogP) is 0.840. The van der Waals surface area contributed by atoms with Crippen LogP contribution in [0.15, 0.2) is 23.1 Å². The van der Waals surface area contributed by atoms with Crippen LogP contribution in [0.2, 0.25) is 0 Å². The molecule has 1 aliphatic rings. The lowest BCUT2D eigenvalue weighted by atomic mass is 10.4. The Kier molecular flexibility index (Phi) is 3.30. The standard InChI is InChI=1S/C14H18N4O2/c1-2-17-13-11(6-5-7-15-13)18(14(17)20)10-12(19)16-8-3-4-9-16/h5-7H,2-4,8-10H2,1H3. The lowest BCUT2D eigenvalue weighted by Gasteiger charge is -2.15. The van der Waals surface area contributed by atoms with Crippen LogP contribution in [-0.4, -0.2) is 38.0 Å². The molecule has 0 radical (unpaired) electrons. The number of imidazole rings is 1. The summed E-state index contributed by atoms with van der Waals surface area (Å²) in [5, 5.41) is 0.